The minimum Gasteiger partial charge on any atom is -0.469 e. The van der Waals surface area contributed by atoms with Gasteiger partial charge in [-0.15, -0.1) is 0 Å². The lowest BCUT2D eigenvalue weighted by Gasteiger charge is -2.27. The van der Waals surface area contributed by atoms with Crippen LogP contribution in [0.2, 0.25) is 0 Å². The molecule has 0 radical (unpaired) electrons. The number of likely N-dealkylation sites (N-methyl/N-ethyl adjacent to an activating group) is 1. The van der Waals surface area contributed by atoms with Crippen molar-refractivity contribution in [2.75, 3.05) is 25.5 Å². The number of nitro groups is 1. The maximum Gasteiger partial charge on any atom is 0.307 e. The van der Waals surface area contributed by atoms with E-state index >= 15 is 0 Å². The summed E-state index contributed by atoms with van der Waals surface area (Å²) < 4.78 is 4.63. The molecule has 0 aliphatic carbocycles. The zero-order valence-electron chi connectivity index (χ0n) is 13.4. The van der Waals surface area contributed by atoms with Crippen LogP contribution >= 0.6 is 0 Å². The fourth-order valence-corrected chi connectivity index (χ4v) is 2.25. The molecule has 0 saturated heterocycles. The molecular weight excluding hydrogens is 302 g/mol. The SMILES string of the molecule is CCN(CC)[C@@H](CC(=O)OC)C(=O)Nc1ccccc1[N+](=O)[O-]. The summed E-state index contributed by atoms with van der Waals surface area (Å²) in [4.78, 5) is 36.3. The van der Waals surface area contributed by atoms with Gasteiger partial charge in [0.1, 0.15) is 11.7 Å². The molecule has 1 atom stereocenters. The van der Waals surface area contributed by atoms with Crippen molar-refractivity contribution in [3.63, 3.8) is 0 Å². The van der Waals surface area contributed by atoms with Crippen molar-refractivity contribution >= 4 is 23.3 Å². The standard InChI is InChI=1S/C15H21N3O5/c1-4-17(5-2)13(10-14(19)23-3)15(20)16-11-8-6-7-9-12(11)18(21)22/h6-9,13H,4-5,10H2,1-3H3,(H,16,20)/t13-/m0/s1. The van der Waals surface area contributed by atoms with E-state index in [1.54, 1.807) is 11.0 Å². The number of para-hydroxylation sites is 2. The van der Waals surface area contributed by atoms with Gasteiger partial charge < -0.3 is 10.1 Å². The number of amides is 1. The summed E-state index contributed by atoms with van der Waals surface area (Å²) in [5.74, 6) is -0.993. The predicted molar refractivity (Wildman–Crippen MR) is 85.1 cm³/mol. The summed E-state index contributed by atoms with van der Waals surface area (Å²) in [6.07, 6.45) is -0.120. The third kappa shape index (κ3) is 5.03. The van der Waals surface area contributed by atoms with Crippen molar-refractivity contribution in [3.8, 4) is 0 Å². The minimum absolute atomic E-state index is 0.101. The van der Waals surface area contributed by atoms with Gasteiger partial charge in [-0.05, 0) is 19.2 Å². The maximum absolute atomic E-state index is 12.5. The highest BCUT2D eigenvalue weighted by Gasteiger charge is 2.28. The Morgan fingerprint density at radius 1 is 1.30 bits per heavy atom. The number of carbonyl (C=O) groups excluding carboxylic acids is 2. The summed E-state index contributed by atoms with van der Waals surface area (Å²) in [6, 6.07) is 5.12. The Kier molecular flexibility index (Phi) is 7.14. The molecule has 0 aliphatic rings. The lowest BCUT2D eigenvalue weighted by molar-refractivity contribution is -0.383. The molecule has 0 saturated carbocycles. The molecule has 0 fully saturated rings. The number of hydrogen-bond acceptors (Lipinski definition) is 6. The summed E-state index contributed by atoms with van der Waals surface area (Å²) in [5, 5.41) is 13.6. The van der Waals surface area contributed by atoms with E-state index in [1.165, 1.54) is 25.3 Å². The first-order valence-corrected chi connectivity index (χ1v) is 7.29. The fraction of sp³-hybridized carbons (Fsp3) is 0.467. The van der Waals surface area contributed by atoms with Gasteiger partial charge in [-0.3, -0.25) is 24.6 Å². The molecule has 0 spiro atoms. The average molecular weight is 323 g/mol. The molecule has 8 heteroatoms. The van der Waals surface area contributed by atoms with Gasteiger partial charge in [0, 0.05) is 6.07 Å². The molecule has 1 aromatic rings. The molecular formula is C15H21N3O5. The fourth-order valence-electron chi connectivity index (χ4n) is 2.25. The number of nitrogens with zero attached hydrogens (tertiary/aromatic N) is 2. The Hall–Kier alpha value is -2.48. The number of nitrogens with one attached hydrogen (secondary N) is 1. The van der Waals surface area contributed by atoms with Gasteiger partial charge in [-0.25, -0.2) is 0 Å². The minimum atomic E-state index is -0.753. The van der Waals surface area contributed by atoms with E-state index in [1.807, 2.05) is 13.8 Å². The first-order valence-electron chi connectivity index (χ1n) is 7.29. The van der Waals surface area contributed by atoms with Gasteiger partial charge >= 0.3 is 5.97 Å². The van der Waals surface area contributed by atoms with E-state index in [4.69, 9.17) is 0 Å². The highest BCUT2D eigenvalue weighted by Crippen LogP contribution is 2.24. The monoisotopic (exact) mass is 323 g/mol. The molecule has 0 heterocycles. The van der Waals surface area contributed by atoms with Gasteiger partial charge in [0.15, 0.2) is 0 Å². The Bertz CT molecular complexity index is 572. The van der Waals surface area contributed by atoms with Crippen molar-refractivity contribution in [1.82, 2.24) is 4.90 Å². The summed E-state index contributed by atoms with van der Waals surface area (Å²) in [5.41, 5.74) is -0.0956. The van der Waals surface area contributed by atoms with E-state index in [0.29, 0.717) is 13.1 Å². The Morgan fingerprint density at radius 2 is 1.91 bits per heavy atom. The van der Waals surface area contributed by atoms with Crippen LogP contribution < -0.4 is 5.32 Å². The van der Waals surface area contributed by atoms with Crippen molar-refractivity contribution in [1.29, 1.82) is 0 Å². The highest BCUT2D eigenvalue weighted by molar-refractivity contribution is 5.98. The number of anilines is 1. The molecule has 1 rings (SSSR count). The van der Waals surface area contributed by atoms with Gasteiger partial charge in [0.25, 0.3) is 5.69 Å². The van der Waals surface area contributed by atoms with E-state index in [0.717, 1.165) is 0 Å². The topological polar surface area (TPSA) is 102 Å². The molecule has 1 aromatic carbocycles. The van der Waals surface area contributed by atoms with Crippen LogP contribution in [0.5, 0.6) is 0 Å². The van der Waals surface area contributed by atoms with Crippen LogP contribution in [-0.4, -0.2) is 47.9 Å². The largest absolute Gasteiger partial charge is 0.469 e. The summed E-state index contributed by atoms with van der Waals surface area (Å²) in [7, 11) is 1.25. The molecule has 126 valence electrons. The Labute approximate surface area is 134 Å². The van der Waals surface area contributed by atoms with Crippen LogP contribution in [-0.2, 0) is 14.3 Å². The number of benzene rings is 1. The van der Waals surface area contributed by atoms with E-state index < -0.39 is 22.8 Å². The van der Waals surface area contributed by atoms with Gasteiger partial charge in [0.2, 0.25) is 5.91 Å². The lowest BCUT2D eigenvalue weighted by Crippen LogP contribution is -2.45. The molecule has 0 aliphatic heterocycles. The summed E-state index contributed by atoms with van der Waals surface area (Å²) >= 11 is 0. The third-order valence-electron chi connectivity index (χ3n) is 3.50. The number of nitro benzene ring substituents is 1. The molecule has 1 N–H and O–H groups in total. The highest BCUT2D eigenvalue weighted by atomic mass is 16.6. The predicted octanol–water partition coefficient (Wildman–Crippen LogP) is 1.81. The Balaban J connectivity index is 3.01. The maximum atomic E-state index is 12.5. The van der Waals surface area contributed by atoms with Crippen LogP contribution in [0, 0.1) is 10.1 Å². The van der Waals surface area contributed by atoms with Crippen LogP contribution in [0.1, 0.15) is 20.3 Å². The smallest absolute Gasteiger partial charge is 0.307 e. The van der Waals surface area contributed by atoms with E-state index in [9.17, 15) is 19.7 Å². The number of rotatable bonds is 8. The lowest BCUT2D eigenvalue weighted by atomic mass is 10.1. The Morgan fingerprint density at radius 3 is 2.43 bits per heavy atom. The van der Waals surface area contributed by atoms with E-state index in [-0.39, 0.29) is 17.8 Å². The first-order chi connectivity index (χ1) is 10.9. The van der Waals surface area contributed by atoms with Crippen LogP contribution in [0.15, 0.2) is 24.3 Å². The second-order valence-corrected chi connectivity index (χ2v) is 4.78. The molecule has 0 unspecified atom stereocenters. The van der Waals surface area contributed by atoms with Crippen molar-refractivity contribution in [2.24, 2.45) is 0 Å². The van der Waals surface area contributed by atoms with Crippen molar-refractivity contribution < 1.29 is 19.2 Å². The van der Waals surface area contributed by atoms with Gasteiger partial charge in [-0.2, -0.15) is 0 Å². The second-order valence-electron chi connectivity index (χ2n) is 4.78. The quantitative estimate of drug-likeness (QED) is 0.445. The molecule has 0 aromatic heterocycles. The van der Waals surface area contributed by atoms with E-state index in [2.05, 4.69) is 10.1 Å². The van der Waals surface area contributed by atoms with Gasteiger partial charge in [0.05, 0.1) is 18.5 Å². The summed E-state index contributed by atoms with van der Waals surface area (Å²) in [6.45, 7) is 4.85. The van der Waals surface area contributed by atoms with Crippen LogP contribution in [0.25, 0.3) is 0 Å². The molecule has 1 amide bonds. The average Bonchev–Trinajstić information content (AvgIpc) is 2.54. The third-order valence-corrected chi connectivity index (χ3v) is 3.50. The number of hydrogen-bond donors (Lipinski definition) is 1. The molecule has 23 heavy (non-hydrogen) atoms. The zero-order valence-corrected chi connectivity index (χ0v) is 13.4. The first kappa shape index (κ1) is 18.6. The van der Waals surface area contributed by atoms with Crippen LogP contribution in [0.3, 0.4) is 0 Å². The number of esters is 1. The normalized spacial score (nSPS) is 11.8. The van der Waals surface area contributed by atoms with Crippen molar-refractivity contribution in [2.45, 2.75) is 26.3 Å². The zero-order chi connectivity index (χ0) is 17.4. The van der Waals surface area contributed by atoms with Crippen LogP contribution in [0.4, 0.5) is 11.4 Å². The van der Waals surface area contributed by atoms with Gasteiger partial charge in [-0.1, -0.05) is 26.0 Å². The van der Waals surface area contributed by atoms with Crippen molar-refractivity contribution in [3.05, 3.63) is 34.4 Å². The second kappa shape index (κ2) is 8.84. The number of ether oxygens (including phenoxy) is 1. The number of carbonyl (C=O) groups is 2. The number of methoxy groups -OCH3 is 1. The molecule has 8 nitrogen and oxygen atoms in total. The molecule has 0 bridgehead atoms.